The summed E-state index contributed by atoms with van der Waals surface area (Å²) in [6.45, 7) is 4.34. The summed E-state index contributed by atoms with van der Waals surface area (Å²) >= 11 is 5.22. The van der Waals surface area contributed by atoms with Crippen molar-refractivity contribution in [3.05, 3.63) is 59.7 Å². The molecule has 0 fully saturated rings. The number of methoxy groups -OCH3 is 1. The lowest BCUT2D eigenvalue weighted by Gasteiger charge is -2.09. The second-order valence-electron chi connectivity index (χ2n) is 5.38. The first-order valence-corrected chi connectivity index (χ1v) is 7.83. The SMILES string of the molecule is COc1cccc(/C=N\NC(=S)Nc2ccc(C(C)C)cc2)c1. The molecule has 0 aliphatic heterocycles. The Morgan fingerprint density at radius 3 is 2.57 bits per heavy atom. The molecule has 23 heavy (non-hydrogen) atoms. The topological polar surface area (TPSA) is 45.6 Å². The predicted molar refractivity (Wildman–Crippen MR) is 100 cm³/mol. The fourth-order valence-corrected chi connectivity index (χ4v) is 2.17. The summed E-state index contributed by atoms with van der Waals surface area (Å²) in [5.74, 6) is 1.31. The fraction of sp³-hybridized carbons (Fsp3) is 0.222. The van der Waals surface area contributed by atoms with E-state index in [9.17, 15) is 0 Å². The van der Waals surface area contributed by atoms with Crippen molar-refractivity contribution in [2.75, 3.05) is 12.4 Å². The molecule has 2 aromatic rings. The number of hydrazone groups is 1. The van der Waals surface area contributed by atoms with E-state index in [2.05, 4.69) is 41.8 Å². The van der Waals surface area contributed by atoms with Gasteiger partial charge in [0.05, 0.1) is 13.3 Å². The minimum atomic E-state index is 0.446. The Labute approximate surface area is 142 Å². The van der Waals surface area contributed by atoms with Gasteiger partial charge in [0.25, 0.3) is 0 Å². The summed E-state index contributed by atoms with van der Waals surface area (Å²) in [6, 6.07) is 15.8. The zero-order chi connectivity index (χ0) is 16.7. The molecule has 120 valence electrons. The summed E-state index contributed by atoms with van der Waals surface area (Å²) in [5.41, 5.74) is 5.97. The minimum absolute atomic E-state index is 0.446. The van der Waals surface area contributed by atoms with Gasteiger partial charge in [-0.05, 0) is 53.5 Å². The number of thiocarbonyl (C=S) groups is 1. The van der Waals surface area contributed by atoms with E-state index < -0.39 is 0 Å². The van der Waals surface area contributed by atoms with E-state index in [1.165, 1.54) is 5.56 Å². The van der Waals surface area contributed by atoms with E-state index in [-0.39, 0.29) is 0 Å². The van der Waals surface area contributed by atoms with Crippen LogP contribution in [0.1, 0.15) is 30.9 Å². The standard InChI is InChI=1S/C18H21N3OS/c1-13(2)15-7-9-16(10-8-15)20-18(23)21-19-12-14-5-4-6-17(11-14)22-3/h4-13H,1-3H3,(H2,20,21,23)/b19-12-. The smallest absolute Gasteiger partial charge is 0.191 e. The number of anilines is 1. The lowest BCUT2D eigenvalue weighted by Crippen LogP contribution is -2.23. The summed E-state index contributed by atoms with van der Waals surface area (Å²) in [7, 11) is 1.64. The molecule has 0 aromatic heterocycles. The van der Waals surface area contributed by atoms with Crippen LogP contribution in [-0.4, -0.2) is 18.4 Å². The average molecular weight is 327 g/mol. The Morgan fingerprint density at radius 1 is 1.17 bits per heavy atom. The molecule has 2 N–H and O–H groups in total. The Kier molecular flexibility index (Phi) is 6.11. The maximum atomic E-state index is 5.22. The van der Waals surface area contributed by atoms with Gasteiger partial charge in [0.15, 0.2) is 5.11 Å². The lowest BCUT2D eigenvalue weighted by molar-refractivity contribution is 0.415. The van der Waals surface area contributed by atoms with Gasteiger partial charge in [0, 0.05) is 5.69 Å². The Balaban J connectivity index is 1.88. The molecule has 0 saturated heterocycles. The molecule has 0 atom stereocenters. The molecule has 5 heteroatoms. The molecule has 0 radical (unpaired) electrons. The normalized spacial score (nSPS) is 10.8. The van der Waals surface area contributed by atoms with E-state index >= 15 is 0 Å². The van der Waals surface area contributed by atoms with Crippen LogP contribution in [0.15, 0.2) is 53.6 Å². The van der Waals surface area contributed by atoms with E-state index in [1.807, 2.05) is 36.4 Å². The number of nitrogens with one attached hydrogen (secondary N) is 2. The molecule has 0 spiro atoms. The van der Waals surface area contributed by atoms with Crippen LogP contribution in [0.4, 0.5) is 5.69 Å². The first-order valence-electron chi connectivity index (χ1n) is 7.42. The van der Waals surface area contributed by atoms with Gasteiger partial charge >= 0.3 is 0 Å². The van der Waals surface area contributed by atoms with Gasteiger partial charge in [0.2, 0.25) is 0 Å². The molecule has 0 heterocycles. The molecule has 0 amide bonds. The summed E-state index contributed by atoms with van der Waals surface area (Å²) in [6.07, 6.45) is 1.69. The van der Waals surface area contributed by atoms with Crippen molar-refractivity contribution >= 4 is 29.2 Å². The third kappa shape index (κ3) is 5.38. The molecule has 2 rings (SSSR count). The van der Waals surface area contributed by atoms with Gasteiger partial charge in [-0.2, -0.15) is 5.10 Å². The van der Waals surface area contributed by atoms with Crippen molar-refractivity contribution in [2.45, 2.75) is 19.8 Å². The van der Waals surface area contributed by atoms with E-state index in [1.54, 1.807) is 13.3 Å². The van der Waals surface area contributed by atoms with Crippen molar-refractivity contribution < 1.29 is 4.74 Å². The highest BCUT2D eigenvalue weighted by Gasteiger charge is 2.00. The Hall–Kier alpha value is -2.40. The number of rotatable bonds is 5. The molecule has 0 saturated carbocycles. The second kappa shape index (κ2) is 8.29. The van der Waals surface area contributed by atoms with Crippen LogP contribution in [-0.2, 0) is 0 Å². The number of benzene rings is 2. The molecule has 4 nitrogen and oxygen atoms in total. The van der Waals surface area contributed by atoms with Gasteiger partial charge in [-0.3, -0.25) is 5.43 Å². The molecule has 0 aliphatic carbocycles. The summed E-state index contributed by atoms with van der Waals surface area (Å²) in [5, 5.41) is 7.67. The molecule has 0 bridgehead atoms. The maximum Gasteiger partial charge on any atom is 0.191 e. The van der Waals surface area contributed by atoms with Crippen LogP contribution >= 0.6 is 12.2 Å². The number of hydrogen-bond acceptors (Lipinski definition) is 3. The van der Waals surface area contributed by atoms with Crippen LogP contribution in [0.5, 0.6) is 5.75 Å². The monoisotopic (exact) mass is 327 g/mol. The minimum Gasteiger partial charge on any atom is -0.497 e. The highest BCUT2D eigenvalue weighted by atomic mass is 32.1. The van der Waals surface area contributed by atoms with Crippen LogP contribution in [0.25, 0.3) is 0 Å². The third-order valence-electron chi connectivity index (χ3n) is 3.31. The summed E-state index contributed by atoms with van der Waals surface area (Å²) < 4.78 is 5.17. The Bertz CT molecular complexity index is 681. The van der Waals surface area contributed by atoms with E-state index in [0.29, 0.717) is 11.0 Å². The van der Waals surface area contributed by atoms with E-state index in [4.69, 9.17) is 17.0 Å². The highest BCUT2D eigenvalue weighted by Crippen LogP contribution is 2.17. The van der Waals surface area contributed by atoms with Crippen molar-refractivity contribution in [2.24, 2.45) is 5.10 Å². The average Bonchev–Trinajstić information content (AvgIpc) is 2.55. The molecular weight excluding hydrogens is 306 g/mol. The van der Waals surface area contributed by atoms with E-state index in [0.717, 1.165) is 17.0 Å². The van der Waals surface area contributed by atoms with Crippen molar-refractivity contribution in [1.82, 2.24) is 5.43 Å². The van der Waals surface area contributed by atoms with Gasteiger partial charge in [-0.15, -0.1) is 0 Å². The van der Waals surface area contributed by atoms with Gasteiger partial charge in [0.1, 0.15) is 5.75 Å². The molecular formula is C18H21N3OS. The third-order valence-corrected chi connectivity index (χ3v) is 3.50. The zero-order valence-electron chi connectivity index (χ0n) is 13.5. The van der Waals surface area contributed by atoms with Crippen LogP contribution < -0.4 is 15.5 Å². The van der Waals surface area contributed by atoms with Gasteiger partial charge < -0.3 is 10.1 Å². The number of nitrogens with zero attached hydrogens (tertiary/aromatic N) is 1. The fourth-order valence-electron chi connectivity index (χ4n) is 2.00. The molecule has 2 aromatic carbocycles. The first kappa shape index (κ1) is 17.0. The van der Waals surface area contributed by atoms with Gasteiger partial charge in [-0.25, -0.2) is 0 Å². The largest absolute Gasteiger partial charge is 0.497 e. The van der Waals surface area contributed by atoms with Crippen molar-refractivity contribution in [3.63, 3.8) is 0 Å². The first-order chi connectivity index (χ1) is 11.1. The number of ether oxygens (including phenoxy) is 1. The van der Waals surface area contributed by atoms with Crippen LogP contribution in [0.3, 0.4) is 0 Å². The van der Waals surface area contributed by atoms with Crippen LogP contribution in [0, 0.1) is 0 Å². The van der Waals surface area contributed by atoms with Crippen molar-refractivity contribution in [1.29, 1.82) is 0 Å². The van der Waals surface area contributed by atoms with Crippen LogP contribution in [0.2, 0.25) is 0 Å². The number of hydrogen-bond donors (Lipinski definition) is 2. The lowest BCUT2D eigenvalue weighted by atomic mass is 10.0. The quantitative estimate of drug-likeness (QED) is 0.492. The summed E-state index contributed by atoms with van der Waals surface area (Å²) in [4.78, 5) is 0. The molecule has 0 unspecified atom stereocenters. The van der Waals surface area contributed by atoms with Gasteiger partial charge in [-0.1, -0.05) is 38.1 Å². The zero-order valence-corrected chi connectivity index (χ0v) is 14.4. The Morgan fingerprint density at radius 2 is 1.91 bits per heavy atom. The highest BCUT2D eigenvalue weighted by molar-refractivity contribution is 7.80. The maximum absolute atomic E-state index is 5.22. The second-order valence-corrected chi connectivity index (χ2v) is 5.79. The molecule has 0 aliphatic rings. The predicted octanol–water partition coefficient (Wildman–Crippen LogP) is 4.14. The van der Waals surface area contributed by atoms with Crippen molar-refractivity contribution in [3.8, 4) is 5.75 Å².